The number of benzene rings is 1. The third-order valence-electron chi connectivity index (χ3n) is 5.03. The molecule has 1 fully saturated rings. The summed E-state index contributed by atoms with van der Waals surface area (Å²) in [4.78, 5) is 26.3. The number of carbonyl (C=O) groups excluding carboxylic acids is 2. The maximum Gasteiger partial charge on any atom is 0.321 e. The van der Waals surface area contributed by atoms with Crippen LogP contribution < -0.4 is 29.9 Å². The second kappa shape index (κ2) is 10.3. The maximum atomic E-state index is 12.0. The van der Waals surface area contributed by atoms with Crippen molar-refractivity contribution in [3.8, 4) is 11.5 Å². The van der Waals surface area contributed by atoms with Crippen LogP contribution in [0.1, 0.15) is 25.0 Å². The molecule has 1 aromatic carbocycles. The second-order valence-corrected chi connectivity index (χ2v) is 7.66. The molecule has 2 rings (SSSR count). The van der Waals surface area contributed by atoms with Gasteiger partial charge < -0.3 is 24.6 Å². The fourth-order valence-corrected chi connectivity index (χ4v) is 3.49. The standard InChI is InChI=1S/C20H32N4O4/c1-14(2)21-20(26)22-19(25)13-24-8-6-23(7-9-24)12-16-11-18(28-5)17(27-4)10-15(16)3/h10-11,14H,6-9,12-13H2,1-5H3,(H2,21,22,25,26)/p+2. The van der Waals surface area contributed by atoms with Gasteiger partial charge in [-0.15, -0.1) is 0 Å². The number of carbonyl (C=O) groups is 2. The molecule has 8 heteroatoms. The van der Waals surface area contributed by atoms with E-state index in [1.807, 2.05) is 19.9 Å². The maximum absolute atomic E-state index is 12.0. The van der Waals surface area contributed by atoms with Crippen LogP contribution in [0, 0.1) is 6.92 Å². The molecule has 1 aromatic rings. The first kappa shape index (κ1) is 22.0. The van der Waals surface area contributed by atoms with Crippen molar-refractivity contribution < 1.29 is 28.9 Å². The van der Waals surface area contributed by atoms with Crippen LogP contribution in [0.5, 0.6) is 11.5 Å². The van der Waals surface area contributed by atoms with Gasteiger partial charge in [0.15, 0.2) is 18.0 Å². The first-order valence-electron chi connectivity index (χ1n) is 9.81. The molecule has 1 heterocycles. The molecule has 0 aliphatic carbocycles. The summed E-state index contributed by atoms with van der Waals surface area (Å²) in [6, 6.07) is 3.66. The molecule has 156 valence electrons. The summed E-state index contributed by atoms with van der Waals surface area (Å²) in [7, 11) is 3.30. The fraction of sp³-hybridized carbons (Fsp3) is 0.600. The van der Waals surface area contributed by atoms with Crippen LogP contribution in [0.25, 0.3) is 0 Å². The van der Waals surface area contributed by atoms with Gasteiger partial charge in [0.05, 0.1) is 14.2 Å². The molecule has 0 aromatic heterocycles. The first-order chi connectivity index (χ1) is 13.3. The lowest BCUT2D eigenvalue weighted by Crippen LogP contribution is -3.28. The predicted molar refractivity (Wildman–Crippen MR) is 106 cm³/mol. The number of hydrogen-bond acceptors (Lipinski definition) is 4. The van der Waals surface area contributed by atoms with E-state index in [9.17, 15) is 9.59 Å². The zero-order valence-electron chi connectivity index (χ0n) is 17.6. The second-order valence-electron chi connectivity index (χ2n) is 7.66. The highest BCUT2D eigenvalue weighted by Crippen LogP contribution is 2.29. The van der Waals surface area contributed by atoms with Crippen LogP contribution in [-0.2, 0) is 11.3 Å². The highest BCUT2D eigenvalue weighted by Gasteiger charge is 2.26. The molecule has 4 N–H and O–H groups in total. The number of piperazine rings is 1. The lowest BCUT2D eigenvalue weighted by molar-refractivity contribution is -1.02. The minimum atomic E-state index is -0.424. The van der Waals surface area contributed by atoms with Crippen molar-refractivity contribution in [1.82, 2.24) is 10.6 Å². The van der Waals surface area contributed by atoms with E-state index in [0.717, 1.165) is 44.2 Å². The number of rotatable bonds is 7. The molecule has 28 heavy (non-hydrogen) atoms. The van der Waals surface area contributed by atoms with Crippen molar-refractivity contribution in [2.45, 2.75) is 33.4 Å². The summed E-state index contributed by atoms with van der Waals surface area (Å²) in [5.74, 6) is 1.27. The first-order valence-corrected chi connectivity index (χ1v) is 9.81. The Bertz CT molecular complexity index is 685. The number of hydrogen-bond donors (Lipinski definition) is 4. The minimum Gasteiger partial charge on any atom is -0.493 e. The summed E-state index contributed by atoms with van der Waals surface area (Å²) in [6.07, 6.45) is 0. The van der Waals surface area contributed by atoms with Gasteiger partial charge in [-0.3, -0.25) is 10.1 Å². The Hall–Kier alpha value is -2.32. The number of nitrogens with one attached hydrogen (secondary N) is 4. The lowest BCUT2D eigenvalue weighted by Gasteiger charge is -2.29. The molecular formula is C20H34N4O4+2. The quantitative estimate of drug-likeness (QED) is 0.455. The Balaban J connectivity index is 1.82. The topological polar surface area (TPSA) is 85.5 Å². The number of ether oxygens (including phenoxy) is 2. The molecule has 0 unspecified atom stereocenters. The van der Waals surface area contributed by atoms with Crippen LogP contribution in [0.2, 0.25) is 0 Å². The molecular weight excluding hydrogens is 360 g/mol. The van der Waals surface area contributed by atoms with E-state index >= 15 is 0 Å². The smallest absolute Gasteiger partial charge is 0.321 e. The molecule has 0 bridgehead atoms. The molecule has 3 amide bonds. The van der Waals surface area contributed by atoms with Crippen molar-refractivity contribution in [1.29, 1.82) is 0 Å². The van der Waals surface area contributed by atoms with Crippen molar-refractivity contribution >= 4 is 11.9 Å². The van der Waals surface area contributed by atoms with E-state index in [1.54, 1.807) is 14.2 Å². The summed E-state index contributed by atoms with van der Waals surface area (Å²) in [6.45, 7) is 10.8. The Morgan fingerprint density at radius 2 is 1.61 bits per heavy atom. The molecule has 0 saturated carbocycles. The van der Waals surface area contributed by atoms with Gasteiger partial charge in [-0.2, -0.15) is 0 Å². The van der Waals surface area contributed by atoms with Crippen molar-refractivity contribution in [3.05, 3.63) is 23.3 Å². The van der Waals surface area contributed by atoms with Gasteiger partial charge in [0.25, 0.3) is 5.91 Å². The van der Waals surface area contributed by atoms with Gasteiger partial charge >= 0.3 is 6.03 Å². The number of aryl methyl sites for hydroxylation is 1. The third-order valence-corrected chi connectivity index (χ3v) is 5.03. The number of urea groups is 1. The van der Waals surface area contributed by atoms with E-state index < -0.39 is 6.03 Å². The van der Waals surface area contributed by atoms with Crippen molar-refractivity contribution in [2.75, 3.05) is 46.9 Å². The fourth-order valence-electron chi connectivity index (χ4n) is 3.49. The Kier molecular flexibility index (Phi) is 8.07. The van der Waals surface area contributed by atoms with Crippen molar-refractivity contribution in [3.63, 3.8) is 0 Å². The van der Waals surface area contributed by atoms with E-state index in [0.29, 0.717) is 6.54 Å². The van der Waals surface area contributed by atoms with Crippen LogP contribution in [0.4, 0.5) is 4.79 Å². The summed E-state index contributed by atoms with van der Waals surface area (Å²) in [5.41, 5.74) is 2.44. The summed E-state index contributed by atoms with van der Waals surface area (Å²) in [5, 5.41) is 5.06. The SMILES string of the molecule is COc1cc(C)c(C[NH+]2CC[NH+](CC(=O)NC(=O)NC(C)C)CC2)cc1OC. The van der Waals surface area contributed by atoms with Gasteiger partial charge in [0.1, 0.15) is 32.7 Å². The minimum absolute atomic E-state index is 0.00678. The molecule has 0 spiro atoms. The Morgan fingerprint density at radius 1 is 1.04 bits per heavy atom. The Morgan fingerprint density at radius 3 is 2.18 bits per heavy atom. The number of quaternary nitrogens is 2. The number of amides is 3. The lowest BCUT2D eigenvalue weighted by atomic mass is 10.1. The predicted octanol–water partition coefficient (Wildman–Crippen LogP) is -1.47. The third kappa shape index (κ3) is 6.38. The van der Waals surface area contributed by atoms with Crippen LogP contribution in [-0.4, -0.2) is 64.9 Å². The number of imide groups is 1. The highest BCUT2D eigenvalue weighted by atomic mass is 16.5. The monoisotopic (exact) mass is 394 g/mol. The van der Waals surface area contributed by atoms with Gasteiger partial charge in [-0.05, 0) is 38.5 Å². The molecule has 1 aliphatic rings. The molecule has 8 nitrogen and oxygen atoms in total. The van der Waals surface area contributed by atoms with E-state index in [1.165, 1.54) is 20.9 Å². The summed E-state index contributed by atoms with van der Waals surface area (Å²) < 4.78 is 10.8. The van der Waals surface area contributed by atoms with Crippen LogP contribution in [0.3, 0.4) is 0 Å². The average Bonchev–Trinajstić information content (AvgIpc) is 2.63. The van der Waals surface area contributed by atoms with E-state index in [4.69, 9.17) is 9.47 Å². The molecule has 1 saturated heterocycles. The van der Waals surface area contributed by atoms with E-state index in [-0.39, 0.29) is 11.9 Å². The van der Waals surface area contributed by atoms with Gasteiger partial charge in [0.2, 0.25) is 0 Å². The van der Waals surface area contributed by atoms with E-state index in [2.05, 4.69) is 23.6 Å². The van der Waals surface area contributed by atoms with Gasteiger partial charge in [-0.25, -0.2) is 4.79 Å². The zero-order valence-corrected chi connectivity index (χ0v) is 17.6. The Labute approximate surface area is 167 Å². The van der Waals surface area contributed by atoms with Crippen LogP contribution in [0.15, 0.2) is 12.1 Å². The van der Waals surface area contributed by atoms with Crippen molar-refractivity contribution in [2.24, 2.45) is 0 Å². The normalized spacial score (nSPS) is 19.2. The highest BCUT2D eigenvalue weighted by molar-refractivity contribution is 5.94. The molecule has 1 aliphatic heterocycles. The average molecular weight is 395 g/mol. The molecule has 0 atom stereocenters. The van der Waals surface area contributed by atoms with Crippen LogP contribution >= 0.6 is 0 Å². The van der Waals surface area contributed by atoms with Gasteiger partial charge in [-0.1, -0.05) is 0 Å². The largest absolute Gasteiger partial charge is 0.493 e. The summed E-state index contributed by atoms with van der Waals surface area (Å²) >= 11 is 0. The van der Waals surface area contributed by atoms with Gasteiger partial charge in [0, 0.05) is 11.6 Å². The zero-order chi connectivity index (χ0) is 20.7. The molecule has 0 radical (unpaired) electrons. The number of methoxy groups -OCH3 is 2.